The number of imide groups is 1. The monoisotopic (exact) mass is 573 g/mol. The van der Waals surface area contributed by atoms with Crippen molar-refractivity contribution in [1.29, 1.82) is 0 Å². The van der Waals surface area contributed by atoms with E-state index in [1.807, 2.05) is 91.9 Å². The first kappa shape index (κ1) is 25.1. The minimum absolute atomic E-state index is 0.236. The average molecular weight is 574 g/mol. The third-order valence-electron chi connectivity index (χ3n) is 5.90. The van der Waals surface area contributed by atoms with Crippen molar-refractivity contribution in [2.24, 2.45) is 0 Å². The van der Waals surface area contributed by atoms with E-state index >= 15 is 0 Å². The number of nitrogens with zero attached hydrogens (tertiary/aromatic N) is 1. The molecule has 4 aromatic rings. The van der Waals surface area contributed by atoms with Crippen LogP contribution in [0.4, 0.5) is 4.79 Å². The van der Waals surface area contributed by atoms with Crippen molar-refractivity contribution in [2.75, 3.05) is 6.61 Å². The maximum absolute atomic E-state index is 13.1. The van der Waals surface area contributed by atoms with Crippen LogP contribution in [-0.4, -0.2) is 22.7 Å². The predicted octanol–water partition coefficient (Wildman–Crippen LogP) is 7.82. The average Bonchev–Trinajstić information content (AvgIpc) is 3.16. The Labute approximate surface area is 228 Å². The molecular weight excluding hydrogens is 550 g/mol. The van der Waals surface area contributed by atoms with Crippen molar-refractivity contribution in [3.63, 3.8) is 0 Å². The number of rotatable bonds is 8. The number of fused-ring (bicyclic) bond motifs is 1. The zero-order valence-corrected chi connectivity index (χ0v) is 22.6. The van der Waals surface area contributed by atoms with Gasteiger partial charge in [0.1, 0.15) is 6.61 Å². The highest BCUT2D eigenvalue weighted by molar-refractivity contribution is 9.10. The van der Waals surface area contributed by atoms with Crippen molar-refractivity contribution in [3.05, 3.63) is 111 Å². The Morgan fingerprint density at radius 3 is 2.38 bits per heavy atom. The van der Waals surface area contributed by atoms with Crippen LogP contribution in [0.15, 0.2) is 94.3 Å². The molecule has 37 heavy (non-hydrogen) atoms. The number of benzene rings is 4. The van der Waals surface area contributed by atoms with E-state index in [2.05, 4.69) is 15.9 Å². The fourth-order valence-corrected chi connectivity index (χ4v) is 5.15. The molecule has 4 aromatic carbocycles. The summed E-state index contributed by atoms with van der Waals surface area (Å²) in [5.74, 6) is 0.909. The van der Waals surface area contributed by atoms with Gasteiger partial charge in [0.05, 0.1) is 18.1 Å². The molecule has 1 fully saturated rings. The van der Waals surface area contributed by atoms with Gasteiger partial charge in [-0.3, -0.25) is 14.5 Å². The van der Waals surface area contributed by atoms with Crippen molar-refractivity contribution in [1.82, 2.24) is 4.90 Å². The molecule has 1 saturated heterocycles. The Morgan fingerprint density at radius 2 is 1.59 bits per heavy atom. The number of hydrogen-bond donors (Lipinski definition) is 0. The molecule has 0 bridgehead atoms. The minimum Gasteiger partial charge on any atom is -0.490 e. The molecule has 1 aliphatic heterocycles. The molecule has 0 atom stereocenters. The predicted molar refractivity (Wildman–Crippen MR) is 152 cm³/mol. The summed E-state index contributed by atoms with van der Waals surface area (Å²) in [5, 5.41) is 1.92. The second kappa shape index (κ2) is 11.2. The molecule has 0 spiro atoms. The highest BCUT2D eigenvalue weighted by Gasteiger charge is 2.35. The second-order valence-electron chi connectivity index (χ2n) is 8.50. The molecular formula is C30H24BrNO4S. The van der Waals surface area contributed by atoms with E-state index in [4.69, 9.17) is 9.47 Å². The van der Waals surface area contributed by atoms with Gasteiger partial charge in [-0.2, -0.15) is 0 Å². The number of carbonyl (C=O) groups is 2. The summed E-state index contributed by atoms with van der Waals surface area (Å²) in [6.45, 7) is 3.02. The normalized spacial score (nSPS) is 14.5. The van der Waals surface area contributed by atoms with Gasteiger partial charge in [0.15, 0.2) is 11.5 Å². The second-order valence-corrected chi connectivity index (χ2v) is 10.4. The quantitative estimate of drug-likeness (QED) is 0.201. The lowest BCUT2D eigenvalue weighted by Crippen LogP contribution is -2.27. The maximum Gasteiger partial charge on any atom is 0.293 e. The van der Waals surface area contributed by atoms with Crippen molar-refractivity contribution in [2.45, 2.75) is 20.1 Å². The first-order chi connectivity index (χ1) is 18.0. The summed E-state index contributed by atoms with van der Waals surface area (Å²) < 4.78 is 12.8. The SMILES string of the molecule is CCOc1cc(/C=C2\SC(=O)N(Cc3ccc4ccccc4c3)C2=O)ccc1OCc1ccc(Br)cc1. The lowest BCUT2D eigenvalue weighted by Gasteiger charge is -2.13. The summed E-state index contributed by atoms with van der Waals surface area (Å²) >= 11 is 4.39. The van der Waals surface area contributed by atoms with E-state index in [-0.39, 0.29) is 17.7 Å². The molecule has 0 N–H and O–H groups in total. The van der Waals surface area contributed by atoms with E-state index < -0.39 is 0 Å². The number of halogens is 1. The molecule has 5 nitrogen and oxygen atoms in total. The Kier molecular flexibility index (Phi) is 7.63. The highest BCUT2D eigenvalue weighted by Crippen LogP contribution is 2.36. The van der Waals surface area contributed by atoms with Gasteiger partial charge in [0, 0.05) is 4.47 Å². The van der Waals surface area contributed by atoms with Gasteiger partial charge in [-0.1, -0.05) is 70.5 Å². The molecule has 0 radical (unpaired) electrons. The van der Waals surface area contributed by atoms with Crippen LogP contribution in [0.1, 0.15) is 23.6 Å². The summed E-state index contributed by atoms with van der Waals surface area (Å²) in [7, 11) is 0. The van der Waals surface area contributed by atoms with Crippen LogP contribution < -0.4 is 9.47 Å². The number of hydrogen-bond acceptors (Lipinski definition) is 5. The molecule has 1 aliphatic rings. The third-order valence-corrected chi connectivity index (χ3v) is 7.34. The summed E-state index contributed by atoms with van der Waals surface area (Å²) in [6, 6.07) is 27.4. The molecule has 0 saturated carbocycles. The van der Waals surface area contributed by atoms with Gasteiger partial charge < -0.3 is 9.47 Å². The smallest absolute Gasteiger partial charge is 0.293 e. The van der Waals surface area contributed by atoms with E-state index in [1.165, 1.54) is 4.90 Å². The Hall–Kier alpha value is -3.55. The van der Waals surface area contributed by atoms with Crippen LogP contribution in [-0.2, 0) is 17.9 Å². The van der Waals surface area contributed by atoms with E-state index in [9.17, 15) is 9.59 Å². The number of amides is 2. The summed E-state index contributed by atoms with van der Waals surface area (Å²) in [5.41, 5.74) is 2.71. The highest BCUT2D eigenvalue weighted by atomic mass is 79.9. The van der Waals surface area contributed by atoms with E-state index in [0.29, 0.717) is 29.6 Å². The van der Waals surface area contributed by atoms with Crippen LogP contribution in [0.25, 0.3) is 16.8 Å². The van der Waals surface area contributed by atoms with Crippen LogP contribution in [0.2, 0.25) is 0 Å². The lowest BCUT2D eigenvalue weighted by molar-refractivity contribution is -0.123. The minimum atomic E-state index is -0.295. The van der Waals surface area contributed by atoms with Crippen molar-refractivity contribution < 1.29 is 19.1 Å². The molecule has 5 rings (SSSR count). The Morgan fingerprint density at radius 1 is 0.838 bits per heavy atom. The van der Waals surface area contributed by atoms with Crippen LogP contribution >= 0.6 is 27.7 Å². The topological polar surface area (TPSA) is 55.8 Å². The number of thioether (sulfide) groups is 1. The van der Waals surface area contributed by atoms with Gasteiger partial charge in [-0.25, -0.2) is 0 Å². The molecule has 0 aliphatic carbocycles. The van der Waals surface area contributed by atoms with Crippen LogP contribution in [0.5, 0.6) is 11.5 Å². The summed E-state index contributed by atoms with van der Waals surface area (Å²) in [4.78, 5) is 27.5. The summed E-state index contributed by atoms with van der Waals surface area (Å²) in [6.07, 6.45) is 1.73. The molecule has 1 heterocycles. The van der Waals surface area contributed by atoms with E-state index in [0.717, 1.165) is 43.7 Å². The molecule has 2 amide bonds. The largest absolute Gasteiger partial charge is 0.490 e. The standard InChI is InChI=1S/C30H24BrNO4S/c1-2-35-27-16-21(10-14-26(27)36-19-20-8-12-25(31)13-9-20)17-28-29(33)32(30(34)37-28)18-22-7-11-23-5-3-4-6-24(23)15-22/h3-17H,2,18-19H2,1H3/b28-17-. The van der Waals surface area contributed by atoms with Crippen LogP contribution in [0, 0.1) is 0 Å². The maximum atomic E-state index is 13.1. The van der Waals surface area contributed by atoms with Gasteiger partial charge in [0.25, 0.3) is 11.1 Å². The fourth-order valence-electron chi connectivity index (χ4n) is 4.05. The molecule has 0 unspecified atom stereocenters. The number of carbonyl (C=O) groups excluding carboxylic acids is 2. The van der Waals surface area contributed by atoms with Crippen molar-refractivity contribution in [3.8, 4) is 11.5 Å². The lowest BCUT2D eigenvalue weighted by atomic mass is 10.1. The molecule has 186 valence electrons. The zero-order valence-electron chi connectivity index (χ0n) is 20.1. The Bertz CT molecular complexity index is 1500. The van der Waals surface area contributed by atoms with Gasteiger partial charge in [-0.15, -0.1) is 0 Å². The van der Waals surface area contributed by atoms with E-state index in [1.54, 1.807) is 6.08 Å². The zero-order chi connectivity index (χ0) is 25.8. The molecule has 7 heteroatoms. The van der Waals surface area contributed by atoms with Gasteiger partial charge >= 0.3 is 0 Å². The Balaban J connectivity index is 1.32. The van der Waals surface area contributed by atoms with Crippen molar-refractivity contribution >= 4 is 55.7 Å². The van der Waals surface area contributed by atoms with Gasteiger partial charge in [-0.05, 0) is 82.6 Å². The fraction of sp³-hybridized carbons (Fsp3) is 0.133. The first-order valence-electron chi connectivity index (χ1n) is 11.9. The molecule has 0 aromatic heterocycles. The first-order valence-corrected chi connectivity index (χ1v) is 13.5. The van der Waals surface area contributed by atoms with Crippen LogP contribution in [0.3, 0.4) is 0 Å². The third kappa shape index (κ3) is 5.89. The number of ether oxygens (including phenoxy) is 2. The van der Waals surface area contributed by atoms with Gasteiger partial charge in [0.2, 0.25) is 0 Å².